The van der Waals surface area contributed by atoms with E-state index in [1.54, 1.807) is 30.5 Å². The van der Waals surface area contributed by atoms with Gasteiger partial charge in [0.15, 0.2) is 0 Å². The van der Waals surface area contributed by atoms with E-state index in [0.29, 0.717) is 5.52 Å². The Bertz CT molecular complexity index is 1130. The SMILES string of the molecule is FC(F)(F)c1cc(Nc2ncc3ccccc3n2)ccc1OCc1ccccc1. The van der Waals surface area contributed by atoms with Gasteiger partial charge in [-0.3, -0.25) is 0 Å². The molecule has 0 aliphatic heterocycles. The molecule has 4 rings (SSSR count). The van der Waals surface area contributed by atoms with Gasteiger partial charge in [0.05, 0.1) is 11.1 Å². The Balaban J connectivity index is 1.59. The summed E-state index contributed by atoms with van der Waals surface area (Å²) in [6, 6.07) is 20.2. The van der Waals surface area contributed by atoms with Gasteiger partial charge in [-0.25, -0.2) is 9.97 Å². The van der Waals surface area contributed by atoms with Crippen LogP contribution in [-0.2, 0) is 12.8 Å². The lowest BCUT2D eigenvalue weighted by molar-refractivity contribution is -0.139. The molecule has 0 unspecified atom stereocenters. The Labute approximate surface area is 165 Å². The van der Waals surface area contributed by atoms with Crippen molar-refractivity contribution < 1.29 is 17.9 Å². The number of para-hydroxylation sites is 1. The molecule has 0 bridgehead atoms. The quantitative estimate of drug-likeness (QED) is 0.452. The molecule has 4 aromatic rings. The number of ether oxygens (including phenoxy) is 1. The summed E-state index contributed by atoms with van der Waals surface area (Å²) in [6.07, 6.45) is -2.94. The summed E-state index contributed by atoms with van der Waals surface area (Å²) in [5, 5.41) is 3.68. The molecule has 146 valence electrons. The first-order valence-corrected chi connectivity index (χ1v) is 8.86. The van der Waals surface area contributed by atoms with Crippen molar-refractivity contribution in [2.24, 2.45) is 0 Å². The molecule has 0 spiro atoms. The van der Waals surface area contributed by atoms with E-state index in [2.05, 4.69) is 15.3 Å². The molecule has 1 aromatic heterocycles. The van der Waals surface area contributed by atoms with Gasteiger partial charge >= 0.3 is 6.18 Å². The molecular weight excluding hydrogens is 379 g/mol. The molecular formula is C22H16F3N3O. The minimum atomic E-state index is -4.56. The van der Waals surface area contributed by atoms with Gasteiger partial charge in [0, 0.05) is 17.3 Å². The molecule has 0 saturated carbocycles. The fraction of sp³-hybridized carbons (Fsp3) is 0.0909. The van der Waals surface area contributed by atoms with E-state index in [0.717, 1.165) is 17.0 Å². The zero-order valence-electron chi connectivity index (χ0n) is 15.1. The van der Waals surface area contributed by atoms with Crippen molar-refractivity contribution in [3.05, 3.63) is 90.1 Å². The number of anilines is 2. The Morgan fingerprint density at radius 3 is 2.45 bits per heavy atom. The minimum Gasteiger partial charge on any atom is -0.488 e. The van der Waals surface area contributed by atoms with E-state index in [4.69, 9.17) is 4.74 Å². The second kappa shape index (κ2) is 7.79. The molecule has 0 aliphatic rings. The van der Waals surface area contributed by atoms with E-state index in [-0.39, 0.29) is 24.0 Å². The maximum absolute atomic E-state index is 13.6. The lowest BCUT2D eigenvalue weighted by Gasteiger charge is -2.16. The predicted octanol–water partition coefficient (Wildman–Crippen LogP) is 5.97. The number of nitrogens with one attached hydrogen (secondary N) is 1. The third-order valence-corrected chi connectivity index (χ3v) is 4.27. The first-order valence-electron chi connectivity index (χ1n) is 8.86. The van der Waals surface area contributed by atoms with Crippen molar-refractivity contribution in [2.75, 3.05) is 5.32 Å². The van der Waals surface area contributed by atoms with E-state index in [1.807, 2.05) is 30.3 Å². The highest BCUT2D eigenvalue weighted by atomic mass is 19.4. The van der Waals surface area contributed by atoms with Gasteiger partial charge in [-0.05, 0) is 29.8 Å². The smallest absolute Gasteiger partial charge is 0.420 e. The van der Waals surface area contributed by atoms with Crippen LogP contribution < -0.4 is 10.1 Å². The van der Waals surface area contributed by atoms with Crippen LogP contribution >= 0.6 is 0 Å². The van der Waals surface area contributed by atoms with E-state index in [1.165, 1.54) is 12.1 Å². The molecule has 0 atom stereocenters. The molecule has 29 heavy (non-hydrogen) atoms. The second-order valence-corrected chi connectivity index (χ2v) is 6.36. The van der Waals surface area contributed by atoms with Gasteiger partial charge in [0.1, 0.15) is 12.4 Å². The molecule has 4 nitrogen and oxygen atoms in total. The number of nitrogens with zero attached hydrogens (tertiary/aromatic N) is 2. The molecule has 0 saturated heterocycles. The summed E-state index contributed by atoms with van der Waals surface area (Å²) in [7, 11) is 0. The fourth-order valence-electron chi connectivity index (χ4n) is 2.85. The molecule has 0 radical (unpaired) electrons. The van der Waals surface area contributed by atoms with Crippen molar-refractivity contribution in [1.82, 2.24) is 9.97 Å². The van der Waals surface area contributed by atoms with Crippen molar-refractivity contribution in [3.63, 3.8) is 0 Å². The molecule has 0 aliphatic carbocycles. The van der Waals surface area contributed by atoms with Crippen LogP contribution in [-0.4, -0.2) is 9.97 Å². The third-order valence-electron chi connectivity index (χ3n) is 4.27. The first-order chi connectivity index (χ1) is 14.0. The van der Waals surface area contributed by atoms with Crippen LogP contribution in [0.1, 0.15) is 11.1 Å². The topological polar surface area (TPSA) is 47.0 Å². The Morgan fingerprint density at radius 2 is 1.66 bits per heavy atom. The van der Waals surface area contributed by atoms with Crippen LogP contribution in [0.2, 0.25) is 0 Å². The van der Waals surface area contributed by atoms with Gasteiger partial charge in [0.25, 0.3) is 0 Å². The number of hydrogen-bond donors (Lipinski definition) is 1. The van der Waals surface area contributed by atoms with Gasteiger partial charge in [-0.1, -0.05) is 48.5 Å². The van der Waals surface area contributed by atoms with Gasteiger partial charge in [-0.2, -0.15) is 13.2 Å². The normalized spacial score (nSPS) is 11.4. The molecule has 0 fully saturated rings. The summed E-state index contributed by atoms with van der Waals surface area (Å²) in [4.78, 5) is 8.48. The first kappa shape index (κ1) is 18.7. The molecule has 3 aromatic carbocycles. The van der Waals surface area contributed by atoms with Crippen molar-refractivity contribution in [1.29, 1.82) is 0 Å². The number of hydrogen-bond acceptors (Lipinski definition) is 4. The van der Waals surface area contributed by atoms with Crippen molar-refractivity contribution in [2.45, 2.75) is 12.8 Å². The maximum atomic E-state index is 13.6. The van der Waals surface area contributed by atoms with Gasteiger partial charge < -0.3 is 10.1 Å². The highest BCUT2D eigenvalue weighted by Gasteiger charge is 2.34. The van der Waals surface area contributed by atoms with Gasteiger partial charge in [-0.15, -0.1) is 0 Å². The van der Waals surface area contributed by atoms with E-state index < -0.39 is 11.7 Å². The summed E-state index contributed by atoms with van der Waals surface area (Å²) < 4.78 is 46.1. The number of rotatable bonds is 5. The Kier molecular flexibility index (Phi) is 5.03. The lowest BCUT2D eigenvalue weighted by Crippen LogP contribution is -2.10. The van der Waals surface area contributed by atoms with Crippen molar-refractivity contribution >= 4 is 22.5 Å². The Morgan fingerprint density at radius 1 is 0.897 bits per heavy atom. The van der Waals surface area contributed by atoms with E-state index >= 15 is 0 Å². The van der Waals surface area contributed by atoms with Gasteiger partial charge in [0.2, 0.25) is 5.95 Å². The number of fused-ring (bicyclic) bond motifs is 1. The molecule has 7 heteroatoms. The zero-order valence-corrected chi connectivity index (χ0v) is 15.1. The summed E-state index contributed by atoms with van der Waals surface area (Å²) >= 11 is 0. The molecule has 0 amide bonds. The van der Waals surface area contributed by atoms with Crippen LogP contribution in [0.25, 0.3) is 10.9 Å². The molecule has 1 N–H and O–H groups in total. The fourth-order valence-corrected chi connectivity index (χ4v) is 2.85. The maximum Gasteiger partial charge on any atom is 0.420 e. The van der Waals surface area contributed by atoms with Crippen molar-refractivity contribution in [3.8, 4) is 5.75 Å². The Hall–Kier alpha value is -3.61. The molecule has 1 heterocycles. The minimum absolute atomic E-state index is 0.0461. The van der Waals surface area contributed by atoms with Crippen LogP contribution in [0.15, 0.2) is 79.0 Å². The number of benzene rings is 3. The summed E-state index contributed by atoms with van der Waals surface area (Å²) in [6.45, 7) is 0.0461. The zero-order chi connectivity index (χ0) is 20.3. The standard InChI is InChI=1S/C22H16F3N3O/c23-22(24,25)18-12-17(10-11-20(18)29-14-15-6-2-1-3-7-15)27-21-26-13-16-8-4-5-9-19(16)28-21/h1-13H,14H2,(H,26,27,28). The van der Waals surface area contributed by atoms with Crippen LogP contribution in [0.3, 0.4) is 0 Å². The number of halogens is 3. The summed E-state index contributed by atoms with van der Waals surface area (Å²) in [5.74, 6) is -0.0129. The lowest BCUT2D eigenvalue weighted by atomic mass is 10.1. The average Bonchev–Trinajstić information content (AvgIpc) is 2.73. The van der Waals surface area contributed by atoms with Crippen LogP contribution in [0, 0.1) is 0 Å². The van der Waals surface area contributed by atoms with Crippen LogP contribution in [0.5, 0.6) is 5.75 Å². The summed E-state index contributed by atoms with van der Waals surface area (Å²) in [5.41, 5.74) is 0.843. The third kappa shape index (κ3) is 4.45. The second-order valence-electron chi connectivity index (χ2n) is 6.36. The average molecular weight is 395 g/mol. The largest absolute Gasteiger partial charge is 0.488 e. The van der Waals surface area contributed by atoms with E-state index in [9.17, 15) is 13.2 Å². The highest BCUT2D eigenvalue weighted by molar-refractivity contribution is 5.78. The monoisotopic (exact) mass is 395 g/mol. The predicted molar refractivity (Wildman–Crippen MR) is 105 cm³/mol. The number of aromatic nitrogens is 2. The van der Waals surface area contributed by atoms with Crippen LogP contribution in [0.4, 0.5) is 24.8 Å². The number of alkyl halides is 3. The highest BCUT2D eigenvalue weighted by Crippen LogP contribution is 2.38.